The number of nitrogens with two attached hydrogens (primary N) is 1. The van der Waals surface area contributed by atoms with Crippen molar-refractivity contribution in [2.24, 2.45) is 23.0 Å². The average molecular weight is 298 g/mol. The van der Waals surface area contributed by atoms with Gasteiger partial charge in [0.1, 0.15) is 6.04 Å². The number of likely N-dealkylation sites (tertiary alicyclic amines) is 1. The maximum absolute atomic E-state index is 12.5. The van der Waals surface area contributed by atoms with Gasteiger partial charge in [-0.3, -0.25) is 4.79 Å². The Morgan fingerprint density at radius 2 is 1.86 bits per heavy atom. The molecule has 122 valence electrons. The summed E-state index contributed by atoms with van der Waals surface area (Å²) >= 11 is 0. The van der Waals surface area contributed by atoms with Crippen LogP contribution in [0.1, 0.15) is 47.5 Å². The summed E-state index contributed by atoms with van der Waals surface area (Å²) in [6.07, 6.45) is 1.54. The van der Waals surface area contributed by atoms with Gasteiger partial charge in [-0.25, -0.2) is 4.79 Å². The van der Waals surface area contributed by atoms with Crippen LogP contribution in [0.3, 0.4) is 0 Å². The van der Waals surface area contributed by atoms with Gasteiger partial charge in [-0.05, 0) is 30.1 Å². The highest BCUT2D eigenvalue weighted by molar-refractivity contribution is 5.87. The van der Waals surface area contributed by atoms with Crippen LogP contribution < -0.4 is 5.73 Å². The van der Waals surface area contributed by atoms with Crippen molar-refractivity contribution in [2.45, 2.75) is 59.5 Å². The van der Waals surface area contributed by atoms with Crippen molar-refractivity contribution in [1.29, 1.82) is 0 Å². The van der Waals surface area contributed by atoms with Gasteiger partial charge in [-0.15, -0.1) is 0 Å². The third-order valence-corrected chi connectivity index (χ3v) is 4.59. The van der Waals surface area contributed by atoms with E-state index >= 15 is 0 Å². The number of amides is 1. The lowest BCUT2D eigenvalue weighted by Gasteiger charge is -2.43. The molecule has 21 heavy (non-hydrogen) atoms. The van der Waals surface area contributed by atoms with Crippen LogP contribution in [0.5, 0.6) is 0 Å². The summed E-state index contributed by atoms with van der Waals surface area (Å²) in [5.74, 6) is -0.0434. The molecule has 1 fully saturated rings. The van der Waals surface area contributed by atoms with Crippen molar-refractivity contribution in [2.75, 3.05) is 13.7 Å². The quantitative estimate of drug-likeness (QED) is 0.806. The van der Waals surface area contributed by atoms with Gasteiger partial charge < -0.3 is 15.4 Å². The van der Waals surface area contributed by atoms with E-state index < -0.39 is 12.1 Å². The van der Waals surface area contributed by atoms with Gasteiger partial charge in [-0.1, -0.05) is 34.6 Å². The molecule has 0 radical (unpaired) electrons. The molecule has 5 heteroatoms. The first-order valence-corrected chi connectivity index (χ1v) is 7.73. The van der Waals surface area contributed by atoms with Crippen LogP contribution in [0.2, 0.25) is 0 Å². The zero-order chi connectivity index (χ0) is 16.4. The predicted octanol–water partition coefficient (Wildman–Crippen LogP) is 1.80. The van der Waals surface area contributed by atoms with E-state index in [0.717, 1.165) is 6.42 Å². The van der Waals surface area contributed by atoms with Gasteiger partial charge in [0.05, 0.1) is 13.2 Å². The number of rotatable bonds is 3. The van der Waals surface area contributed by atoms with Gasteiger partial charge in [0.2, 0.25) is 5.91 Å². The van der Waals surface area contributed by atoms with E-state index in [1.165, 1.54) is 7.11 Å². The third-order valence-electron chi connectivity index (χ3n) is 4.59. The van der Waals surface area contributed by atoms with Gasteiger partial charge in [-0.2, -0.15) is 0 Å². The number of esters is 1. The zero-order valence-corrected chi connectivity index (χ0v) is 14.2. The number of carbonyl (C=O) groups is 2. The van der Waals surface area contributed by atoms with E-state index in [1.54, 1.807) is 4.90 Å². The molecule has 5 nitrogen and oxygen atoms in total. The van der Waals surface area contributed by atoms with E-state index in [0.29, 0.717) is 18.9 Å². The lowest BCUT2D eigenvalue weighted by atomic mass is 9.73. The fraction of sp³-hybridized carbons (Fsp3) is 0.875. The van der Waals surface area contributed by atoms with Crippen LogP contribution in [0, 0.1) is 17.3 Å². The van der Waals surface area contributed by atoms with E-state index in [1.807, 2.05) is 13.8 Å². The number of hydrogen-bond donors (Lipinski definition) is 1. The molecule has 0 aliphatic carbocycles. The first-order chi connectivity index (χ1) is 9.59. The second kappa shape index (κ2) is 6.77. The predicted molar refractivity (Wildman–Crippen MR) is 82.5 cm³/mol. The molecule has 0 spiro atoms. The summed E-state index contributed by atoms with van der Waals surface area (Å²) in [5, 5.41) is 0. The summed E-state index contributed by atoms with van der Waals surface area (Å²) in [6, 6.07) is -1.08. The van der Waals surface area contributed by atoms with Crippen molar-refractivity contribution in [1.82, 2.24) is 4.90 Å². The molecule has 0 saturated carbocycles. The van der Waals surface area contributed by atoms with Crippen molar-refractivity contribution < 1.29 is 14.3 Å². The maximum atomic E-state index is 12.5. The molecule has 0 bridgehead atoms. The largest absolute Gasteiger partial charge is 0.467 e. The number of carbonyl (C=O) groups excluding carboxylic acids is 2. The SMILES string of the molecule is COC(=O)[C@H]1C[C@@H](C(C)(C)C)CCN1C(=O)[C@@H](N)C(C)C. The van der Waals surface area contributed by atoms with Crippen molar-refractivity contribution in [3.63, 3.8) is 0 Å². The molecule has 1 rings (SSSR count). The fourth-order valence-electron chi connectivity index (χ4n) is 2.85. The molecule has 1 aliphatic rings. The molecule has 1 heterocycles. The van der Waals surface area contributed by atoms with E-state index in [9.17, 15) is 9.59 Å². The minimum Gasteiger partial charge on any atom is -0.467 e. The van der Waals surface area contributed by atoms with Gasteiger partial charge >= 0.3 is 5.97 Å². The Morgan fingerprint density at radius 3 is 2.29 bits per heavy atom. The smallest absolute Gasteiger partial charge is 0.328 e. The van der Waals surface area contributed by atoms with Crippen molar-refractivity contribution >= 4 is 11.9 Å². The molecule has 0 aromatic rings. The molecule has 0 aromatic carbocycles. The topological polar surface area (TPSA) is 72.6 Å². The summed E-state index contributed by atoms with van der Waals surface area (Å²) in [4.78, 5) is 26.2. The van der Waals surface area contributed by atoms with Crippen LogP contribution in [0.15, 0.2) is 0 Å². The Morgan fingerprint density at radius 1 is 1.29 bits per heavy atom. The number of piperidine rings is 1. The van der Waals surface area contributed by atoms with Gasteiger partial charge in [0.25, 0.3) is 0 Å². The summed E-state index contributed by atoms with van der Waals surface area (Å²) in [7, 11) is 1.37. The molecule has 3 atom stereocenters. The molecular weight excluding hydrogens is 268 g/mol. The van der Waals surface area contributed by atoms with Crippen LogP contribution in [0.25, 0.3) is 0 Å². The van der Waals surface area contributed by atoms with E-state index in [-0.39, 0.29) is 23.2 Å². The minimum absolute atomic E-state index is 0.0520. The lowest BCUT2D eigenvalue weighted by molar-refractivity contribution is -0.157. The van der Waals surface area contributed by atoms with E-state index in [2.05, 4.69) is 20.8 Å². The summed E-state index contributed by atoms with van der Waals surface area (Å²) in [6.45, 7) is 10.9. The highest BCUT2D eigenvalue weighted by Crippen LogP contribution is 2.37. The Balaban J connectivity index is 2.94. The van der Waals surface area contributed by atoms with Crippen molar-refractivity contribution in [3.8, 4) is 0 Å². The van der Waals surface area contributed by atoms with Crippen LogP contribution in [-0.2, 0) is 14.3 Å². The monoisotopic (exact) mass is 298 g/mol. The Kier molecular flexibility index (Phi) is 5.79. The van der Waals surface area contributed by atoms with Crippen LogP contribution >= 0.6 is 0 Å². The zero-order valence-electron chi connectivity index (χ0n) is 14.2. The first kappa shape index (κ1) is 18.0. The Hall–Kier alpha value is -1.10. The standard InChI is InChI=1S/C16H30N2O3/c1-10(2)13(17)14(19)18-8-7-11(16(3,4)5)9-12(18)15(20)21-6/h10-13H,7-9,17H2,1-6H3/t11-,12+,13-/m0/s1. The number of nitrogens with zero attached hydrogens (tertiary/aromatic N) is 1. The van der Waals surface area contributed by atoms with Crippen LogP contribution in [-0.4, -0.2) is 42.5 Å². The van der Waals surface area contributed by atoms with Gasteiger partial charge in [0, 0.05) is 6.54 Å². The highest BCUT2D eigenvalue weighted by atomic mass is 16.5. The number of methoxy groups -OCH3 is 1. The minimum atomic E-state index is -0.566. The van der Waals surface area contributed by atoms with Gasteiger partial charge in [0.15, 0.2) is 0 Å². The normalized spacial score (nSPS) is 24.9. The third kappa shape index (κ3) is 4.19. The summed E-state index contributed by atoms with van der Waals surface area (Å²) < 4.78 is 4.90. The molecule has 1 saturated heterocycles. The average Bonchev–Trinajstić information content (AvgIpc) is 2.43. The maximum Gasteiger partial charge on any atom is 0.328 e. The molecule has 1 amide bonds. The molecule has 0 unspecified atom stereocenters. The number of hydrogen-bond acceptors (Lipinski definition) is 4. The van der Waals surface area contributed by atoms with E-state index in [4.69, 9.17) is 10.5 Å². The lowest BCUT2D eigenvalue weighted by Crippen LogP contribution is -2.57. The summed E-state index contributed by atoms with van der Waals surface area (Å²) in [5.41, 5.74) is 6.08. The molecule has 0 aromatic heterocycles. The Labute approximate surface area is 128 Å². The molecule has 2 N–H and O–H groups in total. The Bertz CT molecular complexity index is 387. The second-order valence-electron chi connectivity index (χ2n) is 7.43. The highest BCUT2D eigenvalue weighted by Gasteiger charge is 2.41. The van der Waals surface area contributed by atoms with Crippen molar-refractivity contribution in [3.05, 3.63) is 0 Å². The first-order valence-electron chi connectivity index (χ1n) is 7.73. The second-order valence-corrected chi connectivity index (χ2v) is 7.43. The molecule has 1 aliphatic heterocycles. The number of ether oxygens (including phenoxy) is 1. The van der Waals surface area contributed by atoms with Crippen LogP contribution in [0.4, 0.5) is 0 Å². The fourth-order valence-corrected chi connectivity index (χ4v) is 2.85. The molecular formula is C16H30N2O3.